The van der Waals surface area contributed by atoms with Crippen molar-refractivity contribution < 1.29 is 0 Å². The second kappa shape index (κ2) is 4.16. The molecule has 0 bridgehead atoms. The molecule has 2 rings (SSSR count). The molecular weight excluding hydrogens is 178 g/mol. The second-order valence-corrected chi connectivity index (χ2v) is 4.76. The molecule has 1 aliphatic rings. The van der Waals surface area contributed by atoms with Crippen LogP contribution in [-0.4, -0.2) is 5.75 Å². The van der Waals surface area contributed by atoms with Crippen molar-refractivity contribution in [2.24, 2.45) is 5.73 Å². The van der Waals surface area contributed by atoms with Crippen molar-refractivity contribution in [3.8, 4) is 0 Å². The summed E-state index contributed by atoms with van der Waals surface area (Å²) < 4.78 is 0. The van der Waals surface area contributed by atoms with Crippen LogP contribution in [0.15, 0.2) is 24.3 Å². The van der Waals surface area contributed by atoms with E-state index in [0.29, 0.717) is 6.54 Å². The average molecular weight is 193 g/mol. The van der Waals surface area contributed by atoms with Crippen molar-refractivity contribution in [3.63, 3.8) is 0 Å². The number of hydrogen-bond donors (Lipinski definition) is 1. The first kappa shape index (κ1) is 9.10. The zero-order valence-electron chi connectivity index (χ0n) is 7.70. The average Bonchev–Trinajstić information content (AvgIpc) is 2.71. The molecule has 13 heavy (non-hydrogen) atoms. The van der Waals surface area contributed by atoms with Gasteiger partial charge in [0, 0.05) is 11.8 Å². The molecule has 70 valence electrons. The molecule has 1 saturated heterocycles. The van der Waals surface area contributed by atoms with E-state index >= 15 is 0 Å². The van der Waals surface area contributed by atoms with Gasteiger partial charge < -0.3 is 5.73 Å². The molecular formula is C11H15NS. The van der Waals surface area contributed by atoms with Crippen LogP contribution in [0.25, 0.3) is 0 Å². The summed E-state index contributed by atoms with van der Waals surface area (Å²) in [5, 5.41) is 0.728. The molecule has 1 aromatic carbocycles. The molecule has 1 nitrogen and oxygen atoms in total. The highest BCUT2D eigenvalue weighted by molar-refractivity contribution is 7.99. The van der Waals surface area contributed by atoms with Gasteiger partial charge in [0.15, 0.2) is 0 Å². The first-order valence-corrected chi connectivity index (χ1v) is 5.85. The molecule has 1 fully saturated rings. The third-order valence-electron chi connectivity index (χ3n) is 2.49. The van der Waals surface area contributed by atoms with E-state index in [1.165, 1.54) is 29.7 Å². The van der Waals surface area contributed by atoms with Crippen molar-refractivity contribution in [3.05, 3.63) is 35.4 Å². The Labute approximate surface area is 83.7 Å². The third-order valence-corrected chi connectivity index (χ3v) is 3.92. The Morgan fingerprint density at radius 3 is 3.08 bits per heavy atom. The third kappa shape index (κ3) is 2.06. The van der Waals surface area contributed by atoms with Gasteiger partial charge >= 0.3 is 0 Å². The van der Waals surface area contributed by atoms with Crippen LogP contribution in [-0.2, 0) is 6.54 Å². The van der Waals surface area contributed by atoms with Crippen LogP contribution >= 0.6 is 11.8 Å². The normalized spacial score (nSPS) is 22.1. The molecule has 0 spiro atoms. The van der Waals surface area contributed by atoms with Gasteiger partial charge in [-0.2, -0.15) is 11.8 Å². The lowest BCUT2D eigenvalue weighted by molar-refractivity contribution is 0.827. The number of hydrogen-bond acceptors (Lipinski definition) is 2. The van der Waals surface area contributed by atoms with Crippen LogP contribution in [0.4, 0.5) is 0 Å². The first-order chi connectivity index (χ1) is 6.40. The van der Waals surface area contributed by atoms with Crippen molar-refractivity contribution in [2.45, 2.75) is 24.6 Å². The van der Waals surface area contributed by atoms with E-state index < -0.39 is 0 Å². The topological polar surface area (TPSA) is 26.0 Å². The number of benzene rings is 1. The molecule has 1 atom stereocenters. The Bertz CT molecular complexity index is 279. The van der Waals surface area contributed by atoms with Crippen molar-refractivity contribution in [2.75, 3.05) is 5.75 Å². The minimum atomic E-state index is 0.658. The molecule has 1 unspecified atom stereocenters. The number of rotatable bonds is 2. The van der Waals surface area contributed by atoms with Crippen LogP contribution < -0.4 is 5.73 Å². The van der Waals surface area contributed by atoms with Crippen LogP contribution in [0.5, 0.6) is 0 Å². The lowest BCUT2D eigenvalue weighted by atomic mass is 10.1. The lowest BCUT2D eigenvalue weighted by Gasteiger charge is -2.09. The van der Waals surface area contributed by atoms with Crippen LogP contribution in [0, 0.1) is 0 Å². The minimum Gasteiger partial charge on any atom is -0.326 e. The molecule has 0 aromatic heterocycles. The Balaban J connectivity index is 2.18. The maximum absolute atomic E-state index is 5.61. The fourth-order valence-electron chi connectivity index (χ4n) is 1.76. The maximum atomic E-state index is 5.61. The van der Waals surface area contributed by atoms with E-state index in [9.17, 15) is 0 Å². The van der Waals surface area contributed by atoms with Gasteiger partial charge in [0.1, 0.15) is 0 Å². The Morgan fingerprint density at radius 1 is 1.46 bits per heavy atom. The van der Waals surface area contributed by atoms with Gasteiger partial charge in [-0.25, -0.2) is 0 Å². The van der Waals surface area contributed by atoms with Crippen LogP contribution in [0.2, 0.25) is 0 Å². The van der Waals surface area contributed by atoms with E-state index in [2.05, 4.69) is 36.0 Å². The molecule has 0 aliphatic carbocycles. The van der Waals surface area contributed by atoms with E-state index in [4.69, 9.17) is 5.73 Å². The standard InChI is InChI=1S/C11H15NS/c12-8-9-3-1-4-10(7-9)11-5-2-6-13-11/h1,3-4,7,11H,2,5-6,8,12H2. The van der Waals surface area contributed by atoms with Gasteiger partial charge in [0.05, 0.1) is 0 Å². The first-order valence-electron chi connectivity index (χ1n) is 4.80. The van der Waals surface area contributed by atoms with E-state index in [0.717, 1.165) is 5.25 Å². The van der Waals surface area contributed by atoms with E-state index in [-0.39, 0.29) is 0 Å². The quantitative estimate of drug-likeness (QED) is 0.781. The highest BCUT2D eigenvalue weighted by Gasteiger charge is 2.17. The van der Waals surface area contributed by atoms with Crippen molar-refractivity contribution in [1.82, 2.24) is 0 Å². The van der Waals surface area contributed by atoms with Gasteiger partial charge in [-0.3, -0.25) is 0 Å². The predicted molar refractivity (Wildman–Crippen MR) is 58.8 cm³/mol. The maximum Gasteiger partial charge on any atom is 0.0297 e. The van der Waals surface area contributed by atoms with E-state index in [1.807, 2.05) is 0 Å². The van der Waals surface area contributed by atoms with Gasteiger partial charge in [0.2, 0.25) is 0 Å². The fraction of sp³-hybridized carbons (Fsp3) is 0.455. The Hall–Kier alpha value is -0.470. The summed E-state index contributed by atoms with van der Waals surface area (Å²) in [5.74, 6) is 1.32. The van der Waals surface area contributed by atoms with E-state index in [1.54, 1.807) is 0 Å². The lowest BCUT2D eigenvalue weighted by Crippen LogP contribution is -1.97. The zero-order chi connectivity index (χ0) is 9.10. The zero-order valence-corrected chi connectivity index (χ0v) is 8.52. The predicted octanol–water partition coefficient (Wildman–Crippen LogP) is 2.71. The monoisotopic (exact) mass is 193 g/mol. The minimum absolute atomic E-state index is 0.658. The van der Waals surface area contributed by atoms with Crippen LogP contribution in [0.1, 0.15) is 29.2 Å². The Morgan fingerprint density at radius 2 is 2.38 bits per heavy atom. The summed E-state index contributed by atoms with van der Waals surface area (Å²) in [6, 6.07) is 8.70. The van der Waals surface area contributed by atoms with Crippen LogP contribution in [0.3, 0.4) is 0 Å². The molecule has 0 amide bonds. The number of thioether (sulfide) groups is 1. The summed E-state index contributed by atoms with van der Waals surface area (Å²) >= 11 is 2.07. The summed E-state index contributed by atoms with van der Waals surface area (Å²) in [5.41, 5.74) is 8.33. The van der Waals surface area contributed by atoms with Gasteiger partial charge in [-0.05, 0) is 29.7 Å². The van der Waals surface area contributed by atoms with Gasteiger partial charge in [0.25, 0.3) is 0 Å². The highest BCUT2D eigenvalue weighted by atomic mass is 32.2. The van der Waals surface area contributed by atoms with Gasteiger partial charge in [-0.1, -0.05) is 24.3 Å². The summed E-state index contributed by atoms with van der Waals surface area (Å²) in [6.45, 7) is 0.658. The van der Waals surface area contributed by atoms with Crippen molar-refractivity contribution in [1.29, 1.82) is 0 Å². The molecule has 2 heteroatoms. The smallest absolute Gasteiger partial charge is 0.0297 e. The van der Waals surface area contributed by atoms with Crippen molar-refractivity contribution >= 4 is 11.8 Å². The molecule has 0 radical (unpaired) electrons. The fourth-order valence-corrected chi connectivity index (χ4v) is 3.05. The molecule has 1 aromatic rings. The Kier molecular flexibility index (Phi) is 2.91. The van der Waals surface area contributed by atoms with Gasteiger partial charge in [-0.15, -0.1) is 0 Å². The highest BCUT2D eigenvalue weighted by Crippen LogP contribution is 2.39. The molecule has 2 N–H and O–H groups in total. The molecule has 1 aliphatic heterocycles. The largest absolute Gasteiger partial charge is 0.326 e. The molecule has 0 saturated carbocycles. The number of nitrogens with two attached hydrogens (primary N) is 1. The summed E-state index contributed by atoms with van der Waals surface area (Å²) in [4.78, 5) is 0. The summed E-state index contributed by atoms with van der Waals surface area (Å²) in [6.07, 6.45) is 2.70. The molecule has 1 heterocycles. The summed E-state index contributed by atoms with van der Waals surface area (Å²) in [7, 11) is 0. The SMILES string of the molecule is NCc1cccc(C2CCCS2)c1. The second-order valence-electron chi connectivity index (χ2n) is 3.45.